The fourth-order valence-electron chi connectivity index (χ4n) is 1.48. The van der Waals surface area contributed by atoms with Crippen molar-refractivity contribution in [3.63, 3.8) is 0 Å². The molecular formula is C13H18BrNO4. The van der Waals surface area contributed by atoms with Gasteiger partial charge in [-0.15, -0.1) is 0 Å². The van der Waals surface area contributed by atoms with Gasteiger partial charge in [0.1, 0.15) is 12.4 Å². The lowest BCUT2D eigenvalue weighted by Gasteiger charge is -2.13. The molecule has 0 aliphatic heterocycles. The number of methoxy groups -OCH3 is 1. The number of rotatable bonds is 7. The van der Waals surface area contributed by atoms with Crippen molar-refractivity contribution in [3.8, 4) is 5.75 Å². The van der Waals surface area contributed by atoms with Gasteiger partial charge in [0.2, 0.25) is 0 Å². The maximum atomic E-state index is 11.1. The Kier molecular flexibility index (Phi) is 6.83. The van der Waals surface area contributed by atoms with Crippen molar-refractivity contribution in [3.05, 3.63) is 28.2 Å². The van der Waals surface area contributed by atoms with Crippen LogP contribution in [0.4, 0.5) is 0 Å². The van der Waals surface area contributed by atoms with Crippen molar-refractivity contribution in [1.82, 2.24) is 0 Å². The molecule has 0 saturated carbocycles. The predicted molar refractivity (Wildman–Crippen MR) is 75.1 cm³/mol. The van der Waals surface area contributed by atoms with E-state index in [1.165, 1.54) is 0 Å². The molecule has 0 radical (unpaired) electrons. The largest absolute Gasteiger partial charge is 0.496 e. The monoisotopic (exact) mass is 331 g/mol. The van der Waals surface area contributed by atoms with Crippen molar-refractivity contribution in [2.75, 3.05) is 26.9 Å². The first-order valence-corrected chi connectivity index (χ1v) is 6.70. The van der Waals surface area contributed by atoms with E-state index in [0.717, 1.165) is 15.8 Å². The summed E-state index contributed by atoms with van der Waals surface area (Å²) >= 11 is 3.39. The van der Waals surface area contributed by atoms with Crippen LogP contribution in [0.25, 0.3) is 0 Å². The molecule has 0 aliphatic carbocycles. The van der Waals surface area contributed by atoms with Crippen LogP contribution in [0.15, 0.2) is 22.7 Å². The van der Waals surface area contributed by atoms with Gasteiger partial charge < -0.3 is 19.9 Å². The summed E-state index contributed by atoms with van der Waals surface area (Å²) in [5.41, 5.74) is 6.88. The third-order valence-corrected chi connectivity index (χ3v) is 3.05. The van der Waals surface area contributed by atoms with Gasteiger partial charge in [0, 0.05) is 0 Å². The third kappa shape index (κ3) is 5.18. The molecule has 1 atom stereocenters. The Morgan fingerprint density at radius 1 is 1.47 bits per heavy atom. The van der Waals surface area contributed by atoms with Crippen LogP contribution in [0.1, 0.15) is 18.5 Å². The second kappa shape index (κ2) is 8.14. The fourth-order valence-corrected chi connectivity index (χ4v) is 2.04. The Morgan fingerprint density at radius 2 is 2.21 bits per heavy atom. The van der Waals surface area contributed by atoms with Gasteiger partial charge in [0.05, 0.1) is 30.8 Å². The minimum atomic E-state index is -0.384. The van der Waals surface area contributed by atoms with Crippen molar-refractivity contribution in [2.24, 2.45) is 5.73 Å². The highest BCUT2D eigenvalue weighted by Crippen LogP contribution is 2.27. The fraction of sp³-hybridized carbons (Fsp3) is 0.462. The third-order valence-electron chi connectivity index (χ3n) is 2.43. The molecule has 0 heterocycles. The van der Waals surface area contributed by atoms with Gasteiger partial charge in [-0.05, 0) is 40.5 Å². The Hall–Kier alpha value is -1.11. The average molecular weight is 332 g/mol. The smallest absolute Gasteiger partial charge is 0.332 e. The van der Waals surface area contributed by atoms with E-state index in [4.69, 9.17) is 19.9 Å². The number of halogens is 1. The number of nitrogens with two attached hydrogens (primary N) is 1. The highest BCUT2D eigenvalue weighted by molar-refractivity contribution is 9.10. The topological polar surface area (TPSA) is 70.8 Å². The lowest BCUT2D eigenvalue weighted by atomic mass is 10.1. The number of hydrogen-bond donors (Lipinski definition) is 1. The lowest BCUT2D eigenvalue weighted by Crippen LogP contribution is -2.20. The number of carbonyl (C=O) groups excluding carboxylic acids is 1. The molecule has 0 fully saturated rings. The van der Waals surface area contributed by atoms with Crippen LogP contribution in [0.2, 0.25) is 0 Å². The van der Waals surface area contributed by atoms with Crippen molar-refractivity contribution >= 4 is 21.9 Å². The van der Waals surface area contributed by atoms with Gasteiger partial charge in [-0.3, -0.25) is 0 Å². The van der Waals surface area contributed by atoms with Crippen LogP contribution in [0.3, 0.4) is 0 Å². The molecular weight excluding hydrogens is 314 g/mol. The lowest BCUT2D eigenvalue weighted by molar-refractivity contribution is -0.148. The number of ether oxygens (including phenoxy) is 3. The Balaban J connectivity index is 2.47. The Morgan fingerprint density at radius 3 is 2.79 bits per heavy atom. The minimum absolute atomic E-state index is 0.0845. The molecule has 6 heteroatoms. The first-order chi connectivity index (χ1) is 9.08. The van der Waals surface area contributed by atoms with Crippen LogP contribution in [-0.2, 0) is 14.3 Å². The highest BCUT2D eigenvalue weighted by atomic mass is 79.9. The summed E-state index contributed by atoms with van der Waals surface area (Å²) < 4.78 is 15.9. The van der Waals surface area contributed by atoms with E-state index in [0.29, 0.717) is 6.61 Å². The van der Waals surface area contributed by atoms with E-state index in [1.54, 1.807) is 14.0 Å². The summed E-state index contributed by atoms with van der Waals surface area (Å²) in [7, 11) is 1.60. The molecule has 0 amide bonds. The SMILES string of the molecule is CCOC(=O)COCC(N)c1ccc(OC)c(Br)c1. The van der Waals surface area contributed by atoms with E-state index in [-0.39, 0.29) is 25.2 Å². The van der Waals surface area contributed by atoms with E-state index < -0.39 is 0 Å². The van der Waals surface area contributed by atoms with E-state index in [1.807, 2.05) is 18.2 Å². The number of benzene rings is 1. The molecule has 0 spiro atoms. The van der Waals surface area contributed by atoms with Gasteiger partial charge in [0.25, 0.3) is 0 Å². The van der Waals surface area contributed by atoms with Gasteiger partial charge in [-0.25, -0.2) is 4.79 Å². The summed E-state index contributed by atoms with van der Waals surface area (Å²) in [5.74, 6) is 0.356. The Labute approximate surface area is 121 Å². The summed E-state index contributed by atoms with van der Waals surface area (Å²) in [6.45, 7) is 2.26. The molecule has 1 aromatic rings. The van der Waals surface area contributed by atoms with Gasteiger partial charge in [-0.1, -0.05) is 6.07 Å². The predicted octanol–water partition coefficient (Wildman–Crippen LogP) is 2.04. The van der Waals surface area contributed by atoms with Crippen molar-refractivity contribution in [2.45, 2.75) is 13.0 Å². The van der Waals surface area contributed by atoms with E-state index in [2.05, 4.69) is 15.9 Å². The van der Waals surface area contributed by atoms with Gasteiger partial charge in [0.15, 0.2) is 0 Å². The second-order valence-corrected chi connectivity index (χ2v) is 4.67. The molecule has 1 aromatic carbocycles. The maximum Gasteiger partial charge on any atom is 0.332 e. The molecule has 0 aromatic heterocycles. The van der Waals surface area contributed by atoms with E-state index in [9.17, 15) is 4.79 Å². The average Bonchev–Trinajstić information content (AvgIpc) is 2.38. The van der Waals surface area contributed by atoms with Crippen LogP contribution >= 0.6 is 15.9 Å². The summed E-state index contributed by atoms with van der Waals surface area (Å²) in [5, 5.41) is 0. The number of carbonyl (C=O) groups is 1. The first-order valence-electron chi connectivity index (χ1n) is 5.90. The molecule has 19 heavy (non-hydrogen) atoms. The highest BCUT2D eigenvalue weighted by Gasteiger charge is 2.10. The minimum Gasteiger partial charge on any atom is -0.496 e. The molecule has 0 saturated heterocycles. The zero-order valence-corrected chi connectivity index (χ0v) is 12.6. The summed E-state index contributed by atoms with van der Waals surface area (Å²) in [4.78, 5) is 11.1. The van der Waals surface area contributed by atoms with Gasteiger partial charge >= 0.3 is 5.97 Å². The molecule has 1 rings (SSSR count). The summed E-state index contributed by atoms with van der Waals surface area (Å²) in [6, 6.07) is 5.25. The first kappa shape index (κ1) is 15.9. The number of esters is 1. The molecule has 0 bridgehead atoms. The van der Waals surface area contributed by atoms with Crippen LogP contribution in [-0.4, -0.2) is 32.9 Å². The van der Waals surface area contributed by atoms with Crippen LogP contribution in [0.5, 0.6) is 5.75 Å². The molecule has 0 aliphatic rings. The molecule has 5 nitrogen and oxygen atoms in total. The zero-order valence-electron chi connectivity index (χ0n) is 11.0. The quantitative estimate of drug-likeness (QED) is 0.774. The van der Waals surface area contributed by atoms with Crippen LogP contribution < -0.4 is 10.5 Å². The van der Waals surface area contributed by atoms with Gasteiger partial charge in [-0.2, -0.15) is 0 Å². The second-order valence-electron chi connectivity index (χ2n) is 3.82. The Bertz CT molecular complexity index is 425. The normalized spacial score (nSPS) is 12.0. The number of hydrogen-bond acceptors (Lipinski definition) is 5. The van der Waals surface area contributed by atoms with Crippen molar-refractivity contribution < 1.29 is 19.0 Å². The molecule has 106 valence electrons. The maximum absolute atomic E-state index is 11.1. The zero-order chi connectivity index (χ0) is 14.3. The van der Waals surface area contributed by atoms with Crippen LogP contribution in [0, 0.1) is 0 Å². The molecule has 1 unspecified atom stereocenters. The summed E-state index contributed by atoms with van der Waals surface area (Å²) in [6.07, 6.45) is 0. The van der Waals surface area contributed by atoms with Crippen molar-refractivity contribution in [1.29, 1.82) is 0 Å². The standard InChI is InChI=1S/C13H18BrNO4/c1-3-19-13(16)8-18-7-11(15)9-4-5-12(17-2)10(14)6-9/h4-6,11H,3,7-8,15H2,1-2H3. The molecule has 2 N–H and O–H groups in total. The van der Waals surface area contributed by atoms with E-state index >= 15 is 0 Å².